The number of unbranched alkanes of at least 4 members (excludes halogenated alkanes) is 2. The molecule has 2 fully saturated rings. The molecule has 2 N–H and O–H groups in total. The lowest BCUT2D eigenvalue weighted by atomic mass is 9.80. The molecule has 2 aliphatic carbocycles. The lowest BCUT2D eigenvalue weighted by Gasteiger charge is -2.28. The van der Waals surface area contributed by atoms with Crippen molar-refractivity contribution < 1.29 is 38.1 Å². The Morgan fingerprint density at radius 1 is 0.658 bits per heavy atom. The lowest BCUT2D eigenvalue weighted by Crippen LogP contribution is -2.34. The van der Waals surface area contributed by atoms with Crippen molar-refractivity contribution in [3.63, 3.8) is 0 Å². The van der Waals surface area contributed by atoms with E-state index < -0.39 is 24.1 Å². The topological polar surface area (TPSA) is 129 Å². The van der Waals surface area contributed by atoms with Crippen LogP contribution in [0.5, 0.6) is 0 Å². The Hall–Kier alpha value is -3.04. The second kappa shape index (κ2) is 16.7. The fourth-order valence-electron chi connectivity index (χ4n) is 5.11. The summed E-state index contributed by atoms with van der Waals surface area (Å²) in [6, 6.07) is 0. The number of carbonyl (C=O) groups excluding carboxylic acids is 4. The van der Waals surface area contributed by atoms with Crippen molar-refractivity contribution in [2.24, 2.45) is 23.7 Å². The molecule has 0 radical (unpaired) electrons. The molecule has 2 amide bonds. The van der Waals surface area contributed by atoms with Gasteiger partial charge in [-0.3, -0.25) is 0 Å². The number of alkyl carbamates (subject to hydrolysis) is 2. The predicted octanol–water partition coefficient (Wildman–Crippen LogP) is 4.29. The molecule has 38 heavy (non-hydrogen) atoms. The van der Waals surface area contributed by atoms with E-state index in [1.54, 1.807) is 13.8 Å². The first-order chi connectivity index (χ1) is 18.2. The minimum Gasteiger partial charge on any atom is -0.462 e. The molecule has 0 aromatic rings. The number of ether oxygens (including phenoxy) is 4. The molecule has 4 atom stereocenters. The number of hydrogen-bond acceptors (Lipinski definition) is 8. The summed E-state index contributed by atoms with van der Waals surface area (Å²) in [6.45, 7) is 12.6. The molecule has 0 heterocycles. The summed E-state index contributed by atoms with van der Waals surface area (Å²) >= 11 is 0. The normalized spacial score (nSPS) is 21.3. The first-order valence-corrected chi connectivity index (χ1v) is 13.6. The summed E-state index contributed by atoms with van der Waals surface area (Å²) < 4.78 is 20.4. The Balaban J connectivity index is 1.45. The lowest BCUT2D eigenvalue weighted by molar-refractivity contribution is -0.140. The van der Waals surface area contributed by atoms with Gasteiger partial charge in [-0.25, -0.2) is 19.2 Å². The van der Waals surface area contributed by atoms with Crippen LogP contribution in [0.2, 0.25) is 0 Å². The van der Waals surface area contributed by atoms with Crippen LogP contribution in [0.3, 0.4) is 0 Å². The molecule has 4 unspecified atom stereocenters. The largest absolute Gasteiger partial charge is 0.462 e. The zero-order valence-corrected chi connectivity index (χ0v) is 22.9. The molecule has 214 valence electrons. The van der Waals surface area contributed by atoms with E-state index >= 15 is 0 Å². The van der Waals surface area contributed by atoms with Crippen molar-refractivity contribution in [1.29, 1.82) is 0 Å². The molecule has 2 bridgehead atoms. The van der Waals surface area contributed by atoms with Gasteiger partial charge in [-0.15, -0.1) is 0 Å². The van der Waals surface area contributed by atoms with Crippen LogP contribution in [0.15, 0.2) is 24.3 Å². The molecule has 0 spiro atoms. The van der Waals surface area contributed by atoms with E-state index in [4.69, 9.17) is 18.9 Å². The second-order valence-corrected chi connectivity index (χ2v) is 10.4. The number of esters is 2. The Labute approximate surface area is 225 Å². The fourth-order valence-corrected chi connectivity index (χ4v) is 5.11. The van der Waals surface area contributed by atoms with Crippen LogP contribution in [0, 0.1) is 23.7 Å². The van der Waals surface area contributed by atoms with E-state index in [1.165, 1.54) is 6.42 Å². The average molecular weight is 537 g/mol. The van der Waals surface area contributed by atoms with Gasteiger partial charge in [0.2, 0.25) is 0 Å². The maximum atomic E-state index is 12.0. The molecule has 2 rings (SSSR count). The predicted molar refractivity (Wildman–Crippen MR) is 141 cm³/mol. The molecule has 2 aliphatic rings. The highest BCUT2D eigenvalue weighted by Crippen LogP contribution is 2.52. The van der Waals surface area contributed by atoms with Crippen LogP contribution in [0.1, 0.15) is 65.2 Å². The van der Waals surface area contributed by atoms with Gasteiger partial charge in [0, 0.05) is 24.2 Å². The maximum absolute atomic E-state index is 12.0. The highest BCUT2D eigenvalue weighted by atomic mass is 16.6. The van der Waals surface area contributed by atoms with Crippen LogP contribution in [0.4, 0.5) is 9.59 Å². The summed E-state index contributed by atoms with van der Waals surface area (Å²) in [7, 11) is 0. The minimum absolute atomic E-state index is 0.284. The smallest absolute Gasteiger partial charge is 0.407 e. The van der Waals surface area contributed by atoms with E-state index in [0.717, 1.165) is 19.3 Å². The fraction of sp³-hybridized carbons (Fsp3) is 0.714. The third-order valence-corrected chi connectivity index (χ3v) is 7.15. The van der Waals surface area contributed by atoms with Gasteiger partial charge in [-0.2, -0.15) is 0 Å². The van der Waals surface area contributed by atoms with Crippen molar-refractivity contribution >= 4 is 24.1 Å². The van der Waals surface area contributed by atoms with E-state index in [2.05, 4.69) is 23.8 Å². The van der Waals surface area contributed by atoms with E-state index in [1.807, 2.05) is 0 Å². The number of hydrogen-bond donors (Lipinski definition) is 2. The van der Waals surface area contributed by atoms with Gasteiger partial charge in [0.1, 0.15) is 0 Å². The van der Waals surface area contributed by atoms with Crippen molar-refractivity contribution in [3.8, 4) is 0 Å². The van der Waals surface area contributed by atoms with E-state index in [-0.39, 0.29) is 26.4 Å². The molecule has 10 heteroatoms. The SMILES string of the molecule is C=C(C)C(=O)OCCCCOC(=O)NCCC1CC2CC1CC2CNC(=O)OCCCCOC(=O)C(=C)C. The third-order valence-electron chi connectivity index (χ3n) is 7.15. The van der Waals surface area contributed by atoms with Gasteiger partial charge < -0.3 is 29.6 Å². The van der Waals surface area contributed by atoms with Crippen LogP contribution >= 0.6 is 0 Å². The molecule has 0 aromatic heterocycles. The van der Waals surface area contributed by atoms with Gasteiger partial charge >= 0.3 is 24.1 Å². The zero-order chi connectivity index (χ0) is 27.9. The highest BCUT2D eigenvalue weighted by molar-refractivity contribution is 5.87. The minimum atomic E-state index is -0.416. The Morgan fingerprint density at radius 2 is 1.11 bits per heavy atom. The summed E-state index contributed by atoms with van der Waals surface area (Å²) in [4.78, 5) is 46.4. The van der Waals surface area contributed by atoms with Gasteiger partial charge in [0.05, 0.1) is 26.4 Å². The second-order valence-electron chi connectivity index (χ2n) is 10.4. The monoisotopic (exact) mass is 536 g/mol. The van der Waals surface area contributed by atoms with Crippen LogP contribution < -0.4 is 10.6 Å². The number of nitrogens with one attached hydrogen (secondary N) is 2. The van der Waals surface area contributed by atoms with Crippen molar-refractivity contribution in [2.75, 3.05) is 39.5 Å². The van der Waals surface area contributed by atoms with Crippen LogP contribution in [-0.4, -0.2) is 63.6 Å². The standard InChI is InChI=1S/C28H44N2O8/c1-19(2)25(31)35-11-5-7-13-37-27(33)29-10-9-21-15-23-16-22(21)17-24(23)18-30-28(34)38-14-8-6-12-36-26(32)20(3)4/h21-24H,1,3,5-18H2,2,4H3,(H,29,33)(H,30,34). The quantitative estimate of drug-likeness (QED) is 0.122. The third kappa shape index (κ3) is 11.6. The number of amides is 2. The van der Waals surface area contributed by atoms with Crippen molar-refractivity contribution in [1.82, 2.24) is 10.6 Å². The molecular weight excluding hydrogens is 492 g/mol. The van der Waals surface area contributed by atoms with Gasteiger partial charge in [-0.1, -0.05) is 13.2 Å². The molecule has 0 saturated heterocycles. The first-order valence-electron chi connectivity index (χ1n) is 13.6. The van der Waals surface area contributed by atoms with Crippen LogP contribution in [0.25, 0.3) is 0 Å². The average Bonchev–Trinajstić information content (AvgIpc) is 3.46. The maximum Gasteiger partial charge on any atom is 0.407 e. The number of fused-ring (bicyclic) bond motifs is 2. The van der Waals surface area contributed by atoms with E-state index in [9.17, 15) is 19.2 Å². The van der Waals surface area contributed by atoms with Gasteiger partial charge in [0.15, 0.2) is 0 Å². The first kappa shape index (κ1) is 31.2. The molecule has 0 aromatic carbocycles. The van der Waals surface area contributed by atoms with Gasteiger partial charge in [0.25, 0.3) is 0 Å². The highest BCUT2D eigenvalue weighted by Gasteiger charge is 2.45. The number of rotatable bonds is 17. The van der Waals surface area contributed by atoms with Gasteiger partial charge in [-0.05, 0) is 88.9 Å². The van der Waals surface area contributed by atoms with Crippen molar-refractivity contribution in [2.45, 2.75) is 65.2 Å². The summed E-state index contributed by atoms with van der Waals surface area (Å²) in [5.74, 6) is 1.48. The van der Waals surface area contributed by atoms with Crippen LogP contribution in [-0.2, 0) is 28.5 Å². The molecular formula is C28H44N2O8. The molecule has 2 saturated carbocycles. The van der Waals surface area contributed by atoms with Crippen molar-refractivity contribution in [3.05, 3.63) is 24.3 Å². The summed E-state index contributed by atoms with van der Waals surface area (Å²) in [5, 5.41) is 5.72. The Bertz CT molecular complexity index is 843. The molecule has 10 nitrogen and oxygen atoms in total. The summed E-state index contributed by atoms with van der Waals surface area (Å²) in [5.41, 5.74) is 0.739. The Morgan fingerprint density at radius 3 is 1.58 bits per heavy atom. The Kier molecular flexibility index (Phi) is 13.7. The number of carbonyl (C=O) groups is 4. The summed E-state index contributed by atoms with van der Waals surface area (Å²) in [6.07, 6.45) is 5.99. The molecule has 0 aliphatic heterocycles. The van der Waals surface area contributed by atoms with E-state index in [0.29, 0.717) is 73.6 Å². The zero-order valence-electron chi connectivity index (χ0n) is 22.9.